The molecule has 1 rings (SSSR count). The van der Waals surface area contributed by atoms with Gasteiger partial charge in [0.15, 0.2) is 0 Å². The van der Waals surface area contributed by atoms with E-state index in [1.165, 1.54) is 0 Å². The average Bonchev–Trinajstić information content (AvgIpc) is 1.86. The molecular weight excluding hydrogens is 78.0 g/mol. The van der Waals surface area contributed by atoms with Crippen molar-refractivity contribution >= 4 is 0 Å². The summed E-state index contributed by atoms with van der Waals surface area (Å²) in [5.74, 6) is 0. The quantitative estimate of drug-likeness (QED) is 0.446. The Kier molecular flexibility index (Phi) is 1.08. The highest BCUT2D eigenvalue weighted by atomic mass is 16.5. The van der Waals surface area contributed by atoms with Gasteiger partial charge in [0, 0.05) is 12.6 Å². The Balaban J connectivity index is 2.18. The number of hydrogen-bond acceptors (Lipinski definition) is 2. The van der Waals surface area contributed by atoms with Gasteiger partial charge in [0.05, 0.1) is 0 Å². The van der Waals surface area contributed by atoms with Gasteiger partial charge in [-0.3, -0.25) is 0 Å². The van der Waals surface area contributed by atoms with Crippen molar-refractivity contribution in [2.24, 2.45) is 5.73 Å². The van der Waals surface area contributed by atoms with Gasteiger partial charge in [-0.25, -0.2) is 0 Å². The Morgan fingerprint density at radius 3 is 2.83 bits per heavy atom. The summed E-state index contributed by atoms with van der Waals surface area (Å²) in [6.45, 7) is 2.49. The van der Waals surface area contributed by atoms with Crippen molar-refractivity contribution < 1.29 is 4.74 Å². The maximum Gasteiger partial charge on any atom is 0.100 e. The van der Waals surface area contributed by atoms with E-state index >= 15 is 0 Å². The van der Waals surface area contributed by atoms with Gasteiger partial charge in [-0.15, -0.1) is 0 Å². The van der Waals surface area contributed by atoms with Crippen LogP contribution in [0.2, 0.25) is 0 Å². The van der Waals surface area contributed by atoms with E-state index < -0.39 is 0 Å². The summed E-state index contributed by atoms with van der Waals surface area (Å²) >= 11 is 0. The smallest absolute Gasteiger partial charge is 0.100 e. The zero-order valence-corrected chi connectivity index (χ0v) is 3.55. The number of rotatable bonds is 0. The van der Waals surface area contributed by atoms with E-state index in [0.29, 0.717) is 0 Å². The van der Waals surface area contributed by atoms with Crippen molar-refractivity contribution in [1.82, 2.24) is 0 Å². The largest absolute Gasteiger partial charge is 0.374 e. The molecular formula is C4H8NO. The Labute approximate surface area is 37.3 Å². The minimum absolute atomic E-state index is 0.199. The van der Waals surface area contributed by atoms with Crippen LogP contribution in [0.4, 0.5) is 0 Å². The standard InChI is InChI=1S/C4H8NO/c5-4-1-2-6-3-4/h3-4H,1-2,5H2/t4-/m1/s1. The third-order valence-electron chi connectivity index (χ3n) is 0.840. The van der Waals surface area contributed by atoms with Gasteiger partial charge < -0.3 is 10.5 Å². The van der Waals surface area contributed by atoms with Crippen molar-refractivity contribution in [2.45, 2.75) is 12.5 Å². The fraction of sp³-hybridized carbons (Fsp3) is 0.750. The molecule has 0 bridgehead atoms. The molecule has 1 fully saturated rings. The van der Waals surface area contributed by atoms with Crippen LogP contribution in [0.1, 0.15) is 6.42 Å². The monoisotopic (exact) mass is 86.1 g/mol. The lowest BCUT2D eigenvalue weighted by atomic mass is 10.3. The molecule has 0 unspecified atom stereocenters. The van der Waals surface area contributed by atoms with Crippen molar-refractivity contribution in [3.05, 3.63) is 6.61 Å². The normalized spacial score (nSPS) is 34.5. The highest BCUT2D eigenvalue weighted by molar-refractivity contribution is 4.75. The summed E-state index contributed by atoms with van der Waals surface area (Å²) in [5, 5.41) is 0. The zero-order chi connectivity index (χ0) is 4.41. The molecule has 0 aromatic rings. The lowest BCUT2D eigenvalue weighted by molar-refractivity contribution is 0.252. The summed E-state index contributed by atoms with van der Waals surface area (Å²) in [6, 6.07) is 0.199. The van der Waals surface area contributed by atoms with E-state index in [1.54, 1.807) is 6.61 Å². The Morgan fingerprint density at radius 1 is 1.83 bits per heavy atom. The summed E-state index contributed by atoms with van der Waals surface area (Å²) in [7, 11) is 0. The van der Waals surface area contributed by atoms with Gasteiger partial charge in [0.1, 0.15) is 6.61 Å². The minimum Gasteiger partial charge on any atom is -0.374 e. The summed E-state index contributed by atoms with van der Waals surface area (Å²) in [4.78, 5) is 0. The highest BCUT2D eigenvalue weighted by Crippen LogP contribution is 2.03. The van der Waals surface area contributed by atoms with Gasteiger partial charge in [0.25, 0.3) is 0 Å². The maximum absolute atomic E-state index is 5.35. The van der Waals surface area contributed by atoms with Gasteiger partial charge in [-0.05, 0) is 6.42 Å². The first-order valence-electron chi connectivity index (χ1n) is 2.10. The Bertz CT molecular complexity index is 40.8. The molecule has 0 amide bonds. The molecule has 1 aliphatic rings. The third kappa shape index (κ3) is 0.698. The van der Waals surface area contributed by atoms with Crippen LogP contribution < -0.4 is 5.73 Å². The van der Waals surface area contributed by atoms with Crippen LogP contribution in [0, 0.1) is 6.61 Å². The van der Waals surface area contributed by atoms with Crippen molar-refractivity contribution in [1.29, 1.82) is 0 Å². The number of ether oxygens (including phenoxy) is 1. The second-order valence-electron chi connectivity index (χ2n) is 1.46. The van der Waals surface area contributed by atoms with Crippen molar-refractivity contribution in [2.75, 3.05) is 6.61 Å². The van der Waals surface area contributed by atoms with Gasteiger partial charge in [-0.1, -0.05) is 0 Å². The van der Waals surface area contributed by atoms with E-state index in [0.717, 1.165) is 13.0 Å². The molecule has 1 heterocycles. The molecule has 2 N–H and O–H groups in total. The molecule has 2 heteroatoms. The Morgan fingerprint density at radius 2 is 2.67 bits per heavy atom. The lowest BCUT2D eigenvalue weighted by Gasteiger charge is -1.89. The molecule has 0 aromatic carbocycles. The maximum atomic E-state index is 5.35. The predicted molar refractivity (Wildman–Crippen MR) is 22.8 cm³/mol. The van der Waals surface area contributed by atoms with E-state index in [-0.39, 0.29) is 6.04 Å². The van der Waals surface area contributed by atoms with Crippen LogP contribution in [-0.2, 0) is 4.74 Å². The van der Waals surface area contributed by atoms with Crippen LogP contribution in [0.3, 0.4) is 0 Å². The minimum atomic E-state index is 0.199. The summed E-state index contributed by atoms with van der Waals surface area (Å²) < 4.78 is 4.81. The first-order valence-corrected chi connectivity index (χ1v) is 2.10. The second kappa shape index (κ2) is 1.58. The molecule has 6 heavy (non-hydrogen) atoms. The van der Waals surface area contributed by atoms with E-state index in [4.69, 9.17) is 10.5 Å². The summed E-state index contributed by atoms with van der Waals surface area (Å²) in [6.07, 6.45) is 0.986. The first kappa shape index (κ1) is 4.09. The topological polar surface area (TPSA) is 35.2 Å². The molecule has 35 valence electrons. The molecule has 1 aliphatic heterocycles. The van der Waals surface area contributed by atoms with Crippen LogP contribution >= 0.6 is 0 Å². The molecule has 1 saturated heterocycles. The van der Waals surface area contributed by atoms with Crippen LogP contribution in [0.25, 0.3) is 0 Å². The van der Waals surface area contributed by atoms with E-state index in [2.05, 4.69) is 0 Å². The van der Waals surface area contributed by atoms with E-state index in [9.17, 15) is 0 Å². The average molecular weight is 86.1 g/mol. The van der Waals surface area contributed by atoms with Crippen molar-refractivity contribution in [3.8, 4) is 0 Å². The van der Waals surface area contributed by atoms with Crippen LogP contribution in [0.5, 0.6) is 0 Å². The molecule has 0 saturated carbocycles. The fourth-order valence-electron chi connectivity index (χ4n) is 0.464. The molecule has 0 aromatic heterocycles. The lowest BCUT2D eigenvalue weighted by Crippen LogP contribution is -2.14. The molecule has 0 aliphatic carbocycles. The van der Waals surface area contributed by atoms with Gasteiger partial charge >= 0.3 is 0 Å². The van der Waals surface area contributed by atoms with Crippen LogP contribution in [-0.4, -0.2) is 12.6 Å². The molecule has 2 nitrogen and oxygen atoms in total. The predicted octanol–water partition coefficient (Wildman–Crippen LogP) is -0.104. The first-order chi connectivity index (χ1) is 2.89. The zero-order valence-electron chi connectivity index (χ0n) is 3.55. The molecule has 1 atom stereocenters. The second-order valence-corrected chi connectivity index (χ2v) is 1.46. The number of hydrogen-bond donors (Lipinski definition) is 1. The van der Waals surface area contributed by atoms with Crippen molar-refractivity contribution in [3.63, 3.8) is 0 Å². The highest BCUT2D eigenvalue weighted by Gasteiger charge is 2.08. The number of nitrogens with two attached hydrogens (primary N) is 1. The summed E-state index contributed by atoms with van der Waals surface area (Å²) in [5.41, 5.74) is 5.35. The third-order valence-corrected chi connectivity index (χ3v) is 0.840. The van der Waals surface area contributed by atoms with Gasteiger partial charge in [-0.2, -0.15) is 0 Å². The van der Waals surface area contributed by atoms with Crippen LogP contribution in [0.15, 0.2) is 0 Å². The molecule has 1 radical (unpaired) electrons. The Hall–Kier alpha value is -0.0800. The SMILES string of the molecule is N[C@H]1[CH]OCC1. The molecule has 0 spiro atoms. The van der Waals surface area contributed by atoms with Gasteiger partial charge in [0.2, 0.25) is 0 Å². The fourth-order valence-corrected chi connectivity index (χ4v) is 0.464. The van der Waals surface area contributed by atoms with E-state index in [1.807, 2.05) is 0 Å².